The number of carbonyl (C=O) groups is 1. The van der Waals surface area contributed by atoms with Gasteiger partial charge in [0.1, 0.15) is 0 Å². The summed E-state index contributed by atoms with van der Waals surface area (Å²) in [5, 5.41) is 6.87. The number of hydrogen-bond acceptors (Lipinski definition) is 3. The van der Waals surface area contributed by atoms with Gasteiger partial charge in [-0.3, -0.25) is 4.79 Å². The van der Waals surface area contributed by atoms with Gasteiger partial charge in [-0.1, -0.05) is 35.9 Å². The van der Waals surface area contributed by atoms with Crippen LogP contribution in [0.15, 0.2) is 78.9 Å². The van der Waals surface area contributed by atoms with Crippen molar-refractivity contribution in [3.8, 4) is 16.9 Å². The minimum Gasteiger partial charge on any atom is -0.372 e. The fourth-order valence-corrected chi connectivity index (χ4v) is 4.09. The van der Waals surface area contributed by atoms with E-state index in [-0.39, 0.29) is 18.1 Å². The van der Waals surface area contributed by atoms with Crippen molar-refractivity contribution in [2.24, 2.45) is 0 Å². The lowest BCUT2D eigenvalue weighted by Crippen LogP contribution is -2.21. The SMILES string of the molecule is CCN(CC)c1ccc(NC(=O)c2ccc(-c3cc(C(F)(F)F)nn3-c3ccccc3Cl)cc2)cc1.[HH]. The van der Waals surface area contributed by atoms with Crippen LogP contribution in [0.25, 0.3) is 16.9 Å². The molecule has 0 atom stereocenters. The van der Waals surface area contributed by atoms with E-state index in [0.29, 0.717) is 22.5 Å². The Morgan fingerprint density at radius 2 is 1.64 bits per heavy atom. The van der Waals surface area contributed by atoms with Crippen molar-refractivity contribution < 1.29 is 19.4 Å². The first kappa shape index (κ1) is 25.3. The first-order valence-electron chi connectivity index (χ1n) is 11.4. The zero-order valence-corrected chi connectivity index (χ0v) is 20.4. The van der Waals surface area contributed by atoms with Gasteiger partial charge in [0.15, 0.2) is 5.69 Å². The summed E-state index contributed by atoms with van der Waals surface area (Å²) >= 11 is 6.23. The molecule has 4 aromatic rings. The summed E-state index contributed by atoms with van der Waals surface area (Å²) < 4.78 is 41.5. The number of halogens is 4. The molecule has 9 heteroatoms. The summed E-state index contributed by atoms with van der Waals surface area (Å²) in [5.41, 5.74) is 2.02. The van der Waals surface area contributed by atoms with Crippen LogP contribution in [-0.2, 0) is 6.18 Å². The third-order valence-corrected chi connectivity index (χ3v) is 6.10. The highest BCUT2D eigenvalue weighted by atomic mass is 35.5. The molecule has 0 unspecified atom stereocenters. The van der Waals surface area contributed by atoms with Gasteiger partial charge in [-0.25, -0.2) is 4.68 Å². The molecule has 0 aliphatic heterocycles. The zero-order chi connectivity index (χ0) is 25.9. The summed E-state index contributed by atoms with van der Waals surface area (Å²) in [6.45, 7) is 5.92. The molecular formula is C27H26ClF3N4O. The molecule has 1 heterocycles. The number of amides is 1. The fourth-order valence-electron chi connectivity index (χ4n) is 3.87. The Morgan fingerprint density at radius 3 is 2.22 bits per heavy atom. The van der Waals surface area contributed by atoms with Gasteiger partial charge in [0.05, 0.1) is 16.4 Å². The lowest BCUT2D eigenvalue weighted by atomic mass is 10.1. The van der Waals surface area contributed by atoms with Crippen LogP contribution in [-0.4, -0.2) is 28.8 Å². The third kappa shape index (κ3) is 5.39. The van der Waals surface area contributed by atoms with Crippen molar-refractivity contribution in [2.45, 2.75) is 20.0 Å². The molecule has 36 heavy (non-hydrogen) atoms. The Kier molecular flexibility index (Phi) is 7.35. The van der Waals surface area contributed by atoms with E-state index in [9.17, 15) is 18.0 Å². The summed E-state index contributed by atoms with van der Waals surface area (Å²) in [6, 6.07) is 21.3. The van der Waals surface area contributed by atoms with Crippen molar-refractivity contribution in [1.29, 1.82) is 0 Å². The molecule has 0 aliphatic carbocycles. The third-order valence-electron chi connectivity index (χ3n) is 5.78. The van der Waals surface area contributed by atoms with Crippen LogP contribution in [0, 0.1) is 0 Å². The Balaban J connectivity index is 0.00000380. The van der Waals surface area contributed by atoms with E-state index >= 15 is 0 Å². The van der Waals surface area contributed by atoms with E-state index in [0.717, 1.165) is 29.5 Å². The van der Waals surface area contributed by atoms with Crippen LogP contribution in [0.1, 0.15) is 31.3 Å². The van der Waals surface area contributed by atoms with Gasteiger partial charge in [-0.2, -0.15) is 18.3 Å². The van der Waals surface area contributed by atoms with Crippen molar-refractivity contribution >= 4 is 28.9 Å². The van der Waals surface area contributed by atoms with Gasteiger partial charge in [0, 0.05) is 37.0 Å². The molecule has 5 nitrogen and oxygen atoms in total. The van der Waals surface area contributed by atoms with Gasteiger partial charge in [0.25, 0.3) is 5.91 Å². The van der Waals surface area contributed by atoms with E-state index in [1.165, 1.54) is 0 Å². The molecule has 0 saturated heterocycles. The van der Waals surface area contributed by atoms with Crippen LogP contribution in [0.5, 0.6) is 0 Å². The van der Waals surface area contributed by atoms with Crippen molar-refractivity contribution in [3.63, 3.8) is 0 Å². The molecule has 0 bridgehead atoms. The number of benzene rings is 3. The highest BCUT2D eigenvalue weighted by Crippen LogP contribution is 2.34. The van der Waals surface area contributed by atoms with Gasteiger partial charge in [-0.05, 0) is 68.4 Å². The highest BCUT2D eigenvalue weighted by molar-refractivity contribution is 6.32. The number of hydrogen-bond donors (Lipinski definition) is 1. The zero-order valence-electron chi connectivity index (χ0n) is 19.7. The van der Waals surface area contributed by atoms with E-state index < -0.39 is 11.9 Å². The maximum absolute atomic E-state index is 13.4. The van der Waals surface area contributed by atoms with Crippen LogP contribution in [0.4, 0.5) is 24.5 Å². The smallest absolute Gasteiger partial charge is 0.372 e. The molecule has 1 N–H and O–H groups in total. The number of aromatic nitrogens is 2. The quantitative estimate of drug-likeness (QED) is 0.277. The van der Waals surface area contributed by atoms with Crippen LogP contribution in [0.2, 0.25) is 5.02 Å². The highest BCUT2D eigenvalue weighted by Gasteiger charge is 2.35. The average molecular weight is 515 g/mol. The monoisotopic (exact) mass is 514 g/mol. The van der Waals surface area contributed by atoms with Crippen LogP contribution >= 0.6 is 11.6 Å². The van der Waals surface area contributed by atoms with Crippen molar-refractivity contribution in [3.05, 3.63) is 95.1 Å². The summed E-state index contributed by atoms with van der Waals surface area (Å²) in [6.07, 6.45) is -4.62. The second-order valence-electron chi connectivity index (χ2n) is 8.03. The molecule has 0 fully saturated rings. The lowest BCUT2D eigenvalue weighted by molar-refractivity contribution is -0.141. The van der Waals surface area contributed by atoms with Crippen LogP contribution < -0.4 is 10.2 Å². The van der Waals surface area contributed by atoms with Gasteiger partial charge < -0.3 is 10.2 Å². The second kappa shape index (κ2) is 10.5. The van der Waals surface area contributed by atoms with Crippen LogP contribution in [0.3, 0.4) is 0 Å². The minimum absolute atomic E-state index is 0. The maximum atomic E-state index is 13.4. The van der Waals surface area contributed by atoms with Gasteiger partial charge >= 0.3 is 6.18 Å². The first-order chi connectivity index (χ1) is 17.2. The number of alkyl halides is 3. The predicted octanol–water partition coefficient (Wildman–Crippen LogP) is 7.56. The summed E-state index contributed by atoms with van der Waals surface area (Å²) in [7, 11) is 0. The Morgan fingerprint density at radius 1 is 1.00 bits per heavy atom. The average Bonchev–Trinajstić information content (AvgIpc) is 3.32. The Labute approximate surface area is 213 Å². The minimum atomic E-state index is -4.62. The number of para-hydroxylation sites is 1. The van der Waals surface area contributed by atoms with Gasteiger partial charge in [0.2, 0.25) is 0 Å². The molecule has 188 valence electrons. The predicted molar refractivity (Wildman–Crippen MR) is 139 cm³/mol. The Bertz CT molecular complexity index is 1350. The first-order valence-corrected chi connectivity index (χ1v) is 11.8. The van der Waals surface area contributed by atoms with E-state index in [2.05, 4.69) is 29.2 Å². The number of anilines is 2. The standard InChI is InChI=1S/C27H24ClF3N4O.H2/c1-3-34(4-2)21-15-13-20(14-16-21)32-26(36)19-11-9-18(10-12-19)24-17-25(27(29,30)31)33-35(24)23-8-6-5-7-22(23)28;/h5-17H,3-4H2,1-2H3,(H,32,36);1H. The molecule has 1 amide bonds. The topological polar surface area (TPSA) is 50.2 Å². The molecule has 0 saturated carbocycles. The molecule has 0 aliphatic rings. The van der Waals surface area contributed by atoms with Crippen molar-refractivity contribution in [1.82, 2.24) is 9.78 Å². The van der Waals surface area contributed by atoms with E-state index in [4.69, 9.17) is 11.6 Å². The van der Waals surface area contributed by atoms with Crippen molar-refractivity contribution in [2.75, 3.05) is 23.3 Å². The van der Waals surface area contributed by atoms with Gasteiger partial charge in [-0.15, -0.1) is 0 Å². The second-order valence-corrected chi connectivity index (χ2v) is 8.43. The lowest BCUT2D eigenvalue weighted by Gasteiger charge is -2.21. The molecule has 1 aromatic heterocycles. The van der Waals surface area contributed by atoms with E-state index in [1.807, 2.05) is 24.3 Å². The number of nitrogens with one attached hydrogen (secondary N) is 1. The molecule has 4 rings (SSSR count). The molecular weight excluding hydrogens is 489 g/mol. The number of nitrogens with zero attached hydrogens (tertiary/aromatic N) is 3. The summed E-state index contributed by atoms with van der Waals surface area (Å²) in [5.74, 6) is -0.326. The normalized spacial score (nSPS) is 11.4. The Hall–Kier alpha value is -3.78. The maximum Gasteiger partial charge on any atom is 0.435 e. The fraction of sp³-hybridized carbons (Fsp3) is 0.185. The number of carbonyl (C=O) groups excluding carboxylic acids is 1. The largest absolute Gasteiger partial charge is 0.435 e. The van der Waals surface area contributed by atoms with E-state index in [1.54, 1.807) is 48.5 Å². The molecule has 3 aromatic carbocycles. The summed E-state index contributed by atoms with van der Waals surface area (Å²) in [4.78, 5) is 15.0. The molecule has 0 spiro atoms. The molecule has 0 radical (unpaired) electrons. The number of rotatable bonds is 7.